The normalized spacial score (nSPS) is 16.3. The van der Waals surface area contributed by atoms with Gasteiger partial charge >= 0.3 is 6.09 Å². The molecule has 0 radical (unpaired) electrons. The summed E-state index contributed by atoms with van der Waals surface area (Å²) in [6, 6.07) is 47.2. The summed E-state index contributed by atoms with van der Waals surface area (Å²) in [5.41, 5.74) is 21.0. The van der Waals surface area contributed by atoms with Gasteiger partial charge in [-0.05, 0) is 268 Å². The number of nitrogens with one attached hydrogen (secondary N) is 7. The fraction of sp³-hybridized carbons (Fsp3) is 0.317. The molecule has 5 aliphatic rings. The highest BCUT2D eigenvalue weighted by Gasteiger charge is 2.28. The van der Waals surface area contributed by atoms with Gasteiger partial charge in [-0.15, -0.1) is 0 Å². The first kappa shape index (κ1) is 86.5. The summed E-state index contributed by atoms with van der Waals surface area (Å²) in [6.07, 6.45) is 13.9. The van der Waals surface area contributed by atoms with Crippen molar-refractivity contribution in [3.05, 3.63) is 294 Å². The molecule has 22 nitrogen and oxygen atoms in total. The average Bonchev–Trinajstić information content (AvgIpc) is 1.62. The van der Waals surface area contributed by atoms with E-state index in [0.29, 0.717) is 40.7 Å². The fourth-order valence-corrected chi connectivity index (χ4v) is 15.9. The van der Waals surface area contributed by atoms with E-state index in [2.05, 4.69) is 223 Å². The molecule has 0 saturated carbocycles. The van der Waals surface area contributed by atoms with E-state index in [0.717, 1.165) is 196 Å². The minimum atomic E-state index is -0.642. The molecular weight excluding hydrogens is 1540 g/mol. The Morgan fingerprint density at radius 3 is 1.51 bits per heavy atom. The van der Waals surface area contributed by atoms with Crippen LogP contribution in [0.15, 0.2) is 177 Å². The number of rotatable bonds is 19. The number of fused-ring (bicyclic) bond motifs is 4. The van der Waals surface area contributed by atoms with Gasteiger partial charge in [0.15, 0.2) is 0 Å². The Morgan fingerprint density at radius 1 is 0.537 bits per heavy atom. The number of ether oxygens (including phenoxy) is 7. The number of nitrogens with zero attached hydrogens (tertiary/aromatic N) is 7. The number of aromatic amines is 7. The number of aromatic nitrogens is 8. The summed E-state index contributed by atoms with van der Waals surface area (Å²) in [5, 5.41) is 13.3. The van der Waals surface area contributed by atoms with Gasteiger partial charge in [-0.2, -0.15) is 0 Å². The van der Waals surface area contributed by atoms with E-state index in [1.54, 1.807) is 18.8 Å². The molecule has 7 N–H and O–H groups in total. The van der Waals surface area contributed by atoms with Crippen molar-refractivity contribution < 1.29 is 38.0 Å². The summed E-state index contributed by atoms with van der Waals surface area (Å²) < 4.78 is 42.0. The summed E-state index contributed by atoms with van der Waals surface area (Å²) in [5.74, 6) is 3.87. The quantitative estimate of drug-likeness (QED) is 0.0403. The monoisotopic (exact) mass is 1650 g/mol. The highest BCUT2D eigenvalue weighted by Crippen LogP contribution is 2.32. The number of benzene rings is 4. The molecule has 12 aromatic rings. The number of para-hydroxylation sites is 3. The molecule has 0 amide bonds. The molecule has 1 fully saturated rings. The maximum atomic E-state index is 13.2. The van der Waals surface area contributed by atoms with Crippen LogP contribution in [0.3, 0.4) is 0 Å². The molecule has 5 aliphatic heterocycles. The number of carbonyl (C=O) groups is 1. The molecule has 0 unspecified atom stereocenters. The summed E-state index contributed by atoms with van der Waals surface area (Å²) in [7, 11) is 7.43. The first-order valence-corrected chi connectivity index (χ1v) is 42.4. The molecule has 4 aromatic carbocycles. The van der Waals surface area contributed by atoms with Crippen LogP contribution in [0.5, 0.6) is 23.0 Å². The zero-order valence-corrected chi connectivity index (χ0v) is 74.7. The van der Waals surface area contributed by atoms with Gasteiger partial charge in [-0.25, -0.2) is 29.3 Å². The number of carbonyl (C=O) groups excluding carboxylic acids is 1. The number of aryl methyl sites for hydroxylation is 8. The first-order valence-electron chi connectivity index (χ1n) is 42.4. The van der Waals surface area contributed by atoms with Crippen LogP contribution in [0, 0.1) is 55.4 Å². The lowest BCUT2D eigenvalue weighted by Crippen LogP contribution is -2.37. The molecule has 8 aromatic heterocycles. The van der Waals surface area contributed by atoms with Crippen molar-refractivity contribution in [3.8, 4) is 23.0 Å². The van der Waals surface area contributed by atoms with Gasteiger partial charge in [-0.3, -0.25) is 4.90 Å². The van der Waals surface area contributed by atoms with Crippen molar-refractivity contribution in [2.75, 3.05) is 74.3 Å². The van der Waals surface area contributed by atoms with Gasteiger partial charge in [0, 0.05) is 117 Å². The number of morpholine rings is 1. The number of aliphatic imine (C=N–C) groups is 1. The molecule has 0 atom stereocenters. The van der Waals surface area contributed by atoms with Crippen molar-refractivity contribution in [2.45, 2.75) is 141 Å². The molecule has 0 spiro atoms. The summed E-state index contributed by atoms with van der Waals surface area (Å²) in [6.45, 7) is 38.6. The van der Waals surface area contributed by atoms with Crippen molar-refractivity contribution in [3.63, 3.8) is 0 Å². The van der Waals surface area contributed by atoms with Crippen LogP contribution in [0.2, 0.25) is 0 Å². The van der Waals surface area contributed by atoms with Gasteiger partial charge in [-0.1, -0.05) is 54.6 Å². The van der Waals surface area contributed by atoms with E-state index in [1.165, 1.54) is 38.3 Å². The lowest BCUT2D eigenvalue weighted by Gasteiger charge is -2.26. The predicted octanol–water partition coefficient (Wildman–Crippen LogP) is 11.2. The van der Waals surface area contributed by atoms with Crippen LogP contribution in [-0.4, -0.2) is 153 Å². The Kier molecular flexibility index (Phi) is 26.5. The molecule has 1 saturated heterocycles. The van der Waals surface area contributed by atoms with Gasteiger partial charge in [0.2, 0.25) is 0 Å². The summed E-state index contributed by atoms with van der Waals surface area (Å²) in [4.78, 5) is 61.8. The third-order valence-corrected chi connectivity index (χ3v) is 21.5. The Hall–Kier alpha value is -12.9. The Labute approximate surface area is 717 Å². The van der Waals surface area contributed by atoms with Crippen LogP contribution in [0.4, 0.5) is 4.79 Å². The third kappa shape index (κ3) is 20.5. The Bertz CT molecular complexity index is 6880. The average molecular weight is 1650 g/mol. The molecule has 0 aliphatic carbocycles. The molecule has 0 bridgehead atoms. The second-order valence-electron chi connectivity index (χ2n) is 33.7. The zero-order valence-electron chi connectivity index (χ0n) is 74.7. The molecule has 123 heavy (non-hydrogen) atoms. The van der Waals surface area contributed by atoms with Crippen LogP contribution in [-0.2, 0) is 14.2 Å². The number of hydrogen-bond donors (Lipinski definition) is 7. The Morgan fingerprint density at radius 2 is 1.02 bits per heavy atom. The van der Waals surface area contributed by atoms with E-state index >= 15 is 0 Å². The van der Waals surface area contributed by atoms with Crippen LogP contribution < -0.4 is 82.8 Å². The molecule has 638 valence electrons. The number of methoxy groups -OCH3 is 2. The Balaban J connectivity index is 0.000000134. The SMILES string of the molecule is CCOc1cc(=C2N=c3ccccc3=C2CCN(C)C)[nH]/c1=C\c1[nH]c(C)cc1C.COC1=CC(c2cc3cc(OC)ccc3n2C(=O)OC(C)(C)C)=N/C1=C\c1[nH]c(C)cc1C.Cc1cc(C)c(/C=c2\[nH]c(=C3C=c4ccccc4=N3)cc2OC(C)C)[nH]1.Cc1cc(C)c(/C=c2\[nH]c(=C3N=c4ccccc4=C3CCN3CCOCC3)cc2OC(C)C)[nH]1. The van der Waals surface area contributed by atoms with Crippen molar-refractivity contribution in [1.29, 1.82) is 0 Å². The van der Waals surface area contributed by atoms with Crippen molar-refractivity contribution in [2.24, 2.45) is 20.0 Å². The largest absolute Gasteiger partial charge is 0.497 e. The first-order chi connectivity index (χ1) is 59.0. The van der Waals surface area contributed by atoms with Gasteiger partial charge in [0.1, 0.15) is 40.1 Å². The van der Waals surface area contributed by atoms with E-state index in [-0.39, 0.29) is 12.2 Å². The van der Waals surface area contributed by atoms with Gasteiger partial charge < -0.3 is 72.9 Å². The van der Waals surface area contributed by atoms with E-state index in [9.17, 15) is 4.79 Å². The zero-order chi connectivity index (χ0) is 87.1. The standard InChI is InChI=1S/C28H34N4O2.C26H29N3O4.C25H30N4O.C22H23N3O/c1-18(2)34-27-17-26(30-25(27)16-24-19(3)15-20(4)29-24)28-22(9-10-32-11-13-33-14-12-32)21-7-5-6-8-23(21)31-28;1-15-10-16(2)27-19(15)13-21-24(32-7)14-20(28-21)23-12-17-11-18(31-6)8-9-22(17)29(23)25(30)33-26(3,4)5;1-6-30-24-15-23(27-22(24)14-21-16(2)13-17(3)26-21)25-19(11-12-29(4)5)18-9-7-8-10-20(18)28-25;1-13(2)26-22-12-20(19-10-16-7-5-6-8-17(16)24-19)25-21(22)11-18-14(3)9-15(4)23-18/h5-8,15-18,29-30H,9-14H2,1-4H3;8-14,27H,1-7H3;7-10,13-15,26-27H,6,11-12H2,1-5H3;5-13,23,25H,1-4H3/b25-16-,28-26?;21-13-;22-14-,25-23?;20-19?,21-11-. The third-order valence-electron chi connectivity index (χ3n) is 21.5. The second-order valence-corrected chi connectivity index (χ2v) is 33.7. The van der Waals surface area contributed by atoms with E-state index in [4.69, 9.17) is 53.1 Å². The maximum Gasteiger partial charge on any atom is 0.419 e. The second kappa shape index (κ2) is 37.6. The van der Waals surface area contributed by atoms with Crippen molar-refractivity contribution in [1.82, 2.24) is 49.3 Å². The topological polar surface area (TPSA) is 253 Å². The minimum absolute atomic E-state index is 0.0785. The lowest BCUT2D eigenvalue weighted by atomic mass is 10.1. The van der Waals surface area contributed by atoms with Gasteiger partial charge in [0.05, 0.1) is 128 Å². The molecule has 22 heteroatoms. The molecule has 13 heterocycles. The van der Waals surface area contributed by atoms with Crippen LogP contribution in [0.25, 0.3) is 69.5 Å². The minimum Gasteiger partial charge on any atom is -0.497 e. The number of allylic oxidation sites excluding steroid dienone is 1. The van der Waals surface area contributed by atoms with Gasteiger partial charge in [0.25, 0.3) is 0 Å². The highest BCUT2D eigenvalue weighted by atomic mass is 16.6. The van der Waals surface area contributed by atoms with Crippen LogP contribution >= 0.6 is 0 Å². The molecular formula is C101H116N14O8. The number of hydrogen-bond acceptors (Lipinski definition) is 14. The van der Waals surface area contributed by atoms with Crippen LogP contribution in [0.1, 0.15) is 142 Å². The summed E-state index contributed by atoms with van der Waals surface area (Å²) >= 11 is 0. The van der Waals surface area contributed by atoms with E-state index < -0.39 is 11.7 Å². The number of H-pyrrole nitrogens is 7. The fourth-order valence-electron chi connectivity index (χ4n) is 15.9. The predicted molar refractivity (Wildman–Crippen MR) is 493 cm³/mol. The van der Waals surface area contributed by atoms with Crippen molar-refractivity contribution >= 4 is 81.3 Å². The lowest BCUT2D eigenvalue weighted by molar-refractivity contribution is 0.0390. The highest BCUT2D eigenvalue weighted by molar-refractivity contribution is 6.15. The molecule has 17 rings (SSSR count). The van der Waals surface area contributed by atoms with E-state index in [1.807, 2.05) is 122 Å². The smallest absolute Gasteiger partial charge is 0.419 e. The maximum absolute atomic E-state index is 13.2.